The van der Waals surface area contributed by atoms with Crippen LogP contribution in [0.5, 0.6) is 0 Å². The first kappa shape index (κ1) is 17.4. The Bertz CT molecular complexity index is 1740. The molecule has 0 amide bonds. The molecule has 2 nitrogen and oxygen atoms in total. The van der Waals surface area contributed by atoms with Crippen LogP contribution in [0.15, 0.2) is 54.6 Å². The highest BCUT2D eigenvalue weighted by Gasteiger charge is 2.52. The molecular weight excluding hydrogens is 400 g/mol. The fourth-order valence-electron chi connectivity index (χ4n) is 6.17. The minimum Gasteiger partial charge on any atom is -0.225 e. The van der Waals surface area contributed by atoms with E-state index in [1.807, 2.05) is 6.07 Å². The Morgan fingerprint density at radius 2 is 1.52 bits per heavy atom. The Labute approximate surface area is 200 Å². The average molecular weight is 437 g/mol. The molecule has 33 heavy (non-hydrogen) atoms. The van der Waals surface area contributed by atoms with Gasteiger partial charge >= 0.3 is 0 Å². The molecule has 0 atom stereocenters. The summed E-state index contributed by atoms with van der Waals surface area (Å²) in [5, 5.41) is 3.01. The lowest BCUT2D eigenvalue weighted by molar-refractivity contribution is -0.632. The second-order valence-corrected chi connectivity index (χ2v) is 10.8. The van der Waals surface area contributed by atoms with Gasteiger partial charge in [-0.1, -0.05) is 82.3 Å². The summed E-state index contributed by atoms with van der Waals surface area (Å²) >= 11 is 0. The molecule has 0 fully saturated rings. The van der Waals surface area contributed by atoms with Crippen molar-refractivity contribution in [3.05, 3.63) is 82.5 Å². The summed E-state index contributed by atoms with van der Waals surface area (Å²) in [4.78, 5) is 0. The lowest BCUT2D eigenvalue weighted by Crippen LogP contribution is -2.44. The van der Waals surface area contributed by atoms with Crippen LogP contribution in [0.1, 0.15) is 59.8 Å². The maximum absolute atomic E-state index is 8.45. The van der Waals surface area contributed by atoms with E-state index in [4.69, 9.17) is 4.11 Å². The molecule has 2 aromatic heterocycles. The summed E-state index contributed by atoms with van der Waals surface area (Å²) in [6, 6.07) is 18.8. The molecule has 0 aliphatic carbocycles. The largest absolute Gasteiger partial charge is 0.295 e. The number of aromatic nitrogens is 2. The van der Waals surface area contributed by atoms with Crippen LogP contribution < -0.4 is 4.57 Å². The van der Waals surface area contributed by atoms with Crippen LogP contribution in [0.3, 0.4) is 0 Å². The molecule has 166 valence electrons. The van der Waals surface area contributed by atoms with Crippen molar-refractivity contribution in [3.8, 4) is 11.3 Å². The number of benzene rings is 3. The van der Waals surface area contributed by atoms with Gasteiger partial charge < -0.3 is 0 Å². The van der Waals surface area contributed by atoms with Crippen molar-refractivity contribution in [2.45, 2.75) is 59.2 Å². The third-order valence-corrected chi connectivity index (χ3v) is 8.82. The van der Waals surface area contributed by atoms with Gasteiger partial charge in [0.2, 0.25) is 0 Å². The summed E-state index contributed by atoms with van der Waals surface area (Å²) in [7, 11) is 2.16. The summed E-state index contributed by atoms with van der Waals surface area (Å²) in [6.07, 6.45) is 0. The molecule has 5 aromatic rings. The quantitative estimate of drug-likeness (QED) is 0.193. The summed E-state index contributed by atoms with van der Waals surface area (Å²) in [5.74, 6) is 0. The Morgan fingerprint density at radius 1 is 0.818 bits per heavy atom. The molecule has 0 saturated carbocycles. The second-order valence-electron chi connectivity index (χ2n) is 10.8. The third kappa shape index (κ3) is 2.27. The van der Waals surface area contributed by atoms with E-state index in [1.165, 1.54) is 33.6 Å². The number of rotatable bonds is 1. The van der Waals surface area contributed by atoms with Gasteiger partial charge in [-0.15, -0.1) is 0 Å². The Morgan fingerprint density at radius 3 is 2.21 bits per heavy atom. The molecular formula is C31H33N2+. The summed E-state index contributed by atoms with van der Waals surface area (Å²) in [6.45, 7) is 11.4. The van der Waals surface area contributed by atoms with Crippen molar-refractivity contribution in [2.24, 2.45) is 7.05 Å². The van der Waals surface area contributed by atoms with Crippen molar-refractivity contribution in [2.75, 3.05) is 0 Å². The summed E-state index contributed by atoms with van der Waals surface area (Å²) < 4.78 is 30.1. The predicted octanol–water partition coefficient (Wildman–Crippen LogP) is 7.23. The minimum atomic E-state index is -2.22. The van der Waals surface area contributed by atoms with E-state index in [1.54, 1.807) is 0 Å². The average Bonchev–Trinajstić information content (AvgIpc) is 3.13. The minimum absolute atomic E-state index is 0.227. The summed E-state index contributed by atoms with van der Waals surface area (Å²) in [5.41, 5.74) is 9.32. The molecule has 0 N–H and O–H groups in total. The number of aryl methyl sites for hydroxylation is 4. The Kier molecular flexibility index (Phi) is 3.29. The van der Waals surface area contributed by atoms with Crippen LogP contribution >= 0.6 is 0 Å². The van der Waals surface area contributed by atoms with Crippen LogP contribution in [0, 0.1) is 20.7 Å². The first-order valence-corrected chi connectivity index (χ1v) is 11.8. The highest BCUT2D eigenvalue weighted by atomic mass is 15.1. The third-order valence-electron chi connectivity index (χ3n) is 8.82. The van der Waals surface area contributed by atoms with E-state index in [0.29, 0.717) is 5.56 Å². The lowest BCUT2D eigenvalue weighted by atomic mass is 9.60. The van der Waals surface area contributed by atoms with E-state index in [0.717, 1.165) is 27.3 Å². The van der Waals surface area contributed by atoms with Crippen LogP contribution in [-0.2, 0) is 17.9 Å². The van der Waals surface area contributed by atoms with E-state index in [2.05, 4.69) is 106 Å². The topological polar surface area (TPSA) is 8.29 Å². The maximum atomic E-state index is 8.45. The number of hydrogen-bond donors (Lipinski definition) is 0. The van der Waals surface area contributed by atoms with Crippen molar-refractivity contribution in [1.29, 1.82) is 0 Å². The van der Waals surface area contributed by atoms with Crippen LogP contribution in [0.2, 0.25) is 0 Å². The molecule has 2 heteroatoms. The molecule has 3 heterocycles. The molecule has 3 aromatic carbocycles. The molecule has 1 aliphatic rings. The monoisotopic (exact) mass is 436 g/mol. The Balaban J connectivity index is 2.06. The number of imidazole rings is 1. The number of nitrogens with zero attached hydrogens (tertiary/aromatic N) is 2. The van der Waals surface area contributed by atoms with Gasteiger partial charge in [-0.3, -0.25) is 0 Å². The number of fused-ring (bicyclic) bond motifs is 3. The number of pyridine rings is 1. The van der Waals surface area contributed by atoms with Gasteiger partial charge in [0.25, 0.3) is 5.65 Å². The van der Waals surface area contributed by atoms with Gasteiger partial charge in [0.05, 0.1) is 12.4 Å². The second kappa shape index (κ2) is 6.26. The molecule has 0 unspecified atom stereocenters. The highest BCUT2D eigenvalue weighted by Crippen LogP contribution is 2.53. The highest BCUT2D eigenvalue weighted by molar-refractivity contribution is 6.15. The molecule has 6 rings (SSSR count). The fraction of sp³-hybridized carbons (Fsp3) is 0.323. The van der Waals surface area contributed by atoms with E-state index in [-0.39, 0.29) is 10.8 Å². The normalized spacial score (nSPS) is 18.1. The maximum Gasteiger partial charge on any atom is 0.295 e. The zero-order valence-corrected chi connectivity index (χ0v) is 20.6. The van der Waals surface area contributed by atoms with Crippen molar-refractivity contribution < 1.29 is 8.68 Å². The van der Waals surface area contributed by atoms with Crippen LogP contribution in [-0.4, -0.2) is 4.40 Å². The SMILES string of the molecule is [2H]C([2H])([2H])c1ccc2c3c1c1ccc(C)c(C)c1c1n3c(c(-c3ccccc3)[n+]1C)C(C)(C)C2(C)C. The van der Waals surface area contributed by atoms with E-state index >= 15 is 0 Å². The predicted molar refractivity (Wildman–Crippen MR) is 139 cm³/mol. The van der Waals surface area contributed by atoms with Gasteiger partial charge in [0.1, 0.15) is 5.52 Å². The zero-order chi connectivity index (χ0) is 25.9. The van der Waals surface area contributed by atoms with Crippen molar-refractivity contribution >= 4 is 27.3 Å². The molecule has 0 bridgehead atoms. The first-order chi connectivity index (χ1) is 16.8. The van der Waals surface area contributed by atoms with Gasteiger partial charge in [0.15, 0.2) is 11.4 Å². The van der Waals surface area contributed by atoms with Gasteiger partial charge in [-0.2, -0.15) is 4.40 Å². The standard InChI is InChI=1S/C31H33N2/c1-18-14-16-22-24-19(2)15-17-23-27(24)33-28(31(6,7)30(23,4)5)26(21-12-10-9-11-13-21)32(8)29(33)25(22)20(18)3/h9-17H,1-8H3/q+1/i2D3. The van der Waals surface area contributed by atoms with Crippen molar-refractivity contribution in [1.82, 2.24) is 4.40 Å². The molecule has 0 spiro atoms. The van der Waals surface area contributed by atoms with E-state index < -0.39 is 6.85 Å². The number of hydrogen-bond acceptors (Lipinski definition) is 0. The van der Waals surface area contributed by atoms with Gasteiger partial charge in [-0.25, -0.2) is 4.57 Å². The zero-order valence-electron chi connectivity index (χ0n) is 23.6. The van der Waals surface area contributed by atoms with Crippen LogP contribution in [0.25, 0.3) is 38.6 Å². The van der Waals surface area contributed by atoms with Crippen molar-refractivity contribution in [3.63, 3.8) is 0 Å². The van der Waals surface area contributed by atoms with Crippen LogP contribution in [0.4, 0.5) is 0 Å². The smallest absolute Gasteiger partial charge is 0.225 e. The van der Waals surface area contributed by atoms with E-state index in [9.17, 15) is 0 Å². The fourth-order valence-corrected chi connectivity index (χ4v) is 6.17. The van der Waals surface area contributed by atoms with Gasteiger partial charge in [-0.05, 0) is 37.4 Å². The Hall–Kier alpha value is -3.13. The first-order valence-electron chi connectivity index (χ1n) is 13.3. The molecule has 0 saturated heterocycles. The lowest BCUT2D eigenvalue weighted by Gasteiger charge is -2.43. The molecule has 1 aliphatic heterocycles. The van der Waals surface area contributed by atoms with Gasteiger partial charge in [0, 0.05) is 36.8 Å². The molecule has 0 radical (unpaired) electrons.